The van der Waals surface area contributed by atoms with Crippen LogP contribution in [0.2, 0.25) is 0 Å². The number of methoxy groups -OCH3 is 1. The molecule has 0 spiro atoms. The van der Waals surface area contributed by atoms with Crippen molar-refractivity contribution in [3.05, 3.63) is 0 Å². The van der Waals surface area contributed by atoms with Gasteiger partial charge in [0.25, 0.3) is 0 Å². The van der Waals surface area contributed by atoms with Crippen LogP contribution in [0.3, 0.4) is 0 Å². The number of hydrogen-bond donors (Lipinski definition) is 1. The van der Waals surface area contributed by atoms with Gasteiger partial charge in [-0.1, -0.05) is 0 Å². The number of carboxylic acids is 1. The highest BCUT2D eigenvalue weighted by Gasteiger charge is 2.06. The summed E-state index contributed by atoms with van der Waals surface area (Å²) in [4.78, 5) is 10.3. The molecule has 0 aromatic carbocycles. The Morgan fingerprint density at radius 3 is 2.50 bits per heavy atom. The molecular weight excluding hydrogens is 188 g/mol. The molecule has 5 nitrogen and oxygen atoms in total. The van der Waals surface area contributed by atoms with E-state index in [-0.39, 0.29) is 12.5 Å². The minimum absolute atomic E-state index is 0.0259. The van der Waals surface area contributed by atoms with Crippen molar-refractivity contribution in [2.45, 2.75) is 19.4 Å². The average Bonchev–Trinajstić information content (AvgIpc) is 2.10. The fourth-order valence-corrected chi connectivity index (χ4v) is 0.857. The topological polar surface area (TPSA) is 65.0 Å². The average molecular weight is 206 g/mol. The van der Waals surface area contributed by atoms with Gasteiger partial charge in [0.05, 0.1) is 39.0 Å². The van der Waals surface area contributed by atoms with E-state index in [9.17, 15) is 4.79 Å². The molecule has 1 N–H and O–H groups in total. The highest BCUT2D eigenvalue weighted by molar-refractivity contribution is 5.67. The van der Waals surface area contributed by atoms with Crippen molar-refractivity contribution in [2.24, 2.45) is 0 Å². The molecule has 0 aromatic heterocycles. The van der Waals surface area contributed by atoms with Gasteiger partial charge in [-0.25, -0.2) is 0 Å². The van der Waals surface area contributed by atoms with E-state index in [1.807, 2.05) is 0 Å². The zero-order valence-corrected chi connectivity index (χ0v) is 8.69. The molecule has 0 amide bonds. The Balaban J connectivity index is 3.14. The van der Waals surface area contributed by atoms with Crippen LogP contribution >= 0.6 is 0 Å². The van der Waals surface area contributed by atoms with Crippen LogP contribution in [-0.4, -0.2) is 50.7 Å². The fourth-order valence-electron chi connectivity index (χ4n) is 0.857. The Labute approximate surface area is 84.0 Å². The van der Waals surface area contributed by atoms with Crippen LogP contribution < -0.4 is 0 Å². The zero-order chi connectivity index (χ0) is 10.8. The van der Waals surface area contributed by atoms with Crippen molar-refractivity contribution in [1.82, 2.24) is 0 Å². The molecular formula is C9H18O5. The number of ether oxygens (including phenoxy) is 3. The van der Waals surface area contributed by atoms with Gasteiger partial charge in [-0.05, 0) is 6.92 Å². The lowest BCUT2D eigenvalue weighted by Crippen LogP contribution is -2.17. The molecule has 0 aromatic rings. The molecule has 0 bridgehead atoms. The lowest BCUT2D eigenvalue weighted by molar-refractivity contribution is -0.140. The van der Waals surface area contributed by atoms with E-state index in [4.69, 9.17) is 19.3 Å². The van der Waals surface area contributed by atoms with E-state index in [0.717, 1.165) is 0 Å². The Bertz CT molecular complexity index is 148. The lowest BCUT2D eigenvalue weighted by Gasteiger charge is -2.10. The maximum atomic E-state index is 10.3. The van der Waals surface area contributed by atoms with Gasteiger partial charge in [0, 0.05) is 7.11 Å². The maximum absolute atomic E-state index is 10.3. The predicted molar refractivity (Wildman–Crippen MR) is 50.4 cm³/mol. The first kappa shape index (κ1) is 13.4. The quantitative estimate of drug-likeness (QED) is 0.557. The van der Waals surface area contributed by atoms with Crippen molar-refractivity contribution in [2.75, 3.05) is 33.5 Å². The number of carboxylic acid groups (broad SMARTS) is 1. The lowest BCUT2D eigenvalue weighted by atomic mass is 10.3. The fraction of sp³-hybridized carbons (Fsp3) is 0.889. The van der Waals surface area contributed by atoms with Gasteiger partial charge >= 0.3 is 5.97 Å². The van der Waals surface area contributed by atoms with Crippen molar-refractivity contribution < 1.29 is 24.1 Å². The molecule has 0 fully saturated rings. The van der Waals surface area contributed by atoms with E-state index in [1.165, 1.54) is 0 Å². The van der Waals surface area contributed by atoms with Gasteiger partial charge < -0.3 is 19.3 Å². The van der Waals surface area contributed by atoms with E-state index >= 15 is 0 Å². The van der Waals surface area contributed by atoms with Crippen molar-refractivity contribution >= 4 is 5.97 Å². The van der Waals surface area contributed by atoms with Gasteiger partial charge in [0.1, 0.15) is 0 Å². The Morgan fingerprint density at radius 1 is 1.29 bits per heavy atom. The third-order valence-electron chi connectivity index (χ3n) is 1.52. The maximum Gasteiger partial charge on any atom is 0.305 e. The summed E-state index contributed by atoms with van der Waals surface area (Å²) >= 11 is 0. The van der Waals surface area contributed by atoms with Crippen LogP contribution in [0, 0.1) is 0 Å². The SMILES string of the molecule is COCCOCCO[C@H](C)CC(=O)O. The first-order valence-corrected chi connectivity index (χ1v) is 4.57. The summed E-state index contributed by atoms with van der Waals surface area (Å²) in [5.41, 5.74) is 0. The summed E-state index contributed by atoms with van der Waals surface area (Å²) in [6.45, 7) is 3.70. The largest absolute Gasteiger partial charge is 0.481 e. The Hall–Kier alpha value is -0.650. The van der Waals surface area contributed by atoms with E-state index in [2.05, 4.69) is 0 Å². The summed E-state index contributed by atoms with van der Waals surface area (Å²) < 4.78 is 15.1. The summed E-state index contributed by atoms with van der Waals surface area (Å²) in [5.74, 6) is -0.849. The van der Waals surface area contributed by atoms with Crippen LogP contribution in [0.1, 0.15) is 13.3 Å². The normalized spacial score (nSPS) is 12.7. The first-order valence-electron chi connectivity index (χ1n) is 4.57. The predicted octanol–water partition coefficient (Wildman–Crippen LogP) is 0.529. The second-order valence-corrected chi connectivity index (χ2v) is 2.88. The highest BCUT2D eigenvalue weighted by Crippen LogP contribution is 1.96. The van der Waals surface area contributed by atoms with Gasteiger partial charge in [0.15, 0.2) is 0 Å². The Morgan fingerprint density at radius 2 is 1.93 bits per heavy atom. The van der Waals surface area contributed by atoms with E-state index in [0.29, 0.717) is 26.4 Å². The van der Waals surface area contributed by atoms with Gasteiger partial charge in [-0.2, -0.15) is 0 Å². The highest BCUT2D eigenvalue weighted by atomic mass is 16.5. The second kappa shape index (κ2) is 8.93. The zero-order valence-electron chi connectivity index (χ0n) is 8.69. The van der Waals surface area contributed by atoms with Crippen molar-refractivity contribution in [1.29, 1.82) is 0 Å². The third-order valence-corrected chi connectivity index (χ3v) is 1.52. The number of aliphatic carboxylic acids is 1. The van der Waals surface area contributed by atoms with Gasteiger partial charge in [0.2, 0.25) is 0 Å². The van der Waals surface area contributed by atoms with E-state index in [1.54, 1.807) is 14.0 Å². The molecule has 0 saturated carbocycles. The van der Waals surface area contributed by atoms with Crippen molar-refractivity contribution in [3.63, 3.8) is 0 Å². The summed E-state index contributed by atoms with van der Waals surface area (Å²) in [6, 6.07) is 0. The molecule has 14 heavy (non-hydrogen) atoms. The molecule has 5 heteroatoms. The van der Waals surface area contributed by atoms with Crippen LogP contribution in [-0.2, 0) is 19.0 Å². The molecule has 1 atom stereocenters. The number of hydrogen-bond acceptors (Lipinski definition) is 4. The number of carbonyl (C=O) groups is 1. The molecule has 0 radical (unpaired) electrons. The summed E-state index contributed by atoms with van der Waals surface area (Å²) in [7, 11) is 1.61. The summed E-state index contributed by atoms with van der Waals surface area (Å²) in [6.07, 6.45) is -0.239. The smallest absolute Gasteiger partial charge is 0.305 e. The molecule has 0 aliphatic carbocycles. The minimum Gasteiger partial charge on any atom is -0.481 e. The minimum atomic E-state index is -0.849. The number of rotatable bonds is 9. The third kappa shape index (κ3) is 9.44. The molecule has 84 valence electrons. The first-order chi connectivity index (χ1) is 6.66. The van der Waals surface area contributed by atoms with Gasteiger partial charge in [-0.3, -0.25) is 4.79 Å². The van der Waals surface area contributed by atoms with Crippen LogP contribution in [0.25, 0.3) is 0 Å². The molecule has 0 rings (SSSR count). The molecule has 0 saturated heterocycles. The van der Waals surface area contributed by atoms with Crippen LogP contribution in [0.15, 0.2) is 0 Å². The molecule has 0 unspecified atom stereocenters. The van der Waals surface area contributed by atoms with Gasteiger partial charge in [-0.15, -0.1) is 0 Å². The second-order valence-electron chi connectivity index (χ2n) is 2.88. The van der Waals surface area contributed by atoms with Crippen molar-refractivity contribution in [3.8, 4) is 0 Å². The molecule has 0 aliphatic rings. The van der Waals surface area contributed by atoms with Crippen LogP contribution in [0.4, 0.5) is 0 Å². The van der Waals surface area contributed by atoms with E-state index < -0.39 is 5.97 Å². The molecule has 0 heterocycles. The summed E-state index contributed by atoms with van der Waals surface area (Å²) in [5, 5.41) is 8.43. The monoisotopic (exact) mass is 206 g/mol. The Kier molecular flexibility index (Phi) is 8.51. The van der Waals surface area contributed by atoms with Crippen LogP contribution in [0.5, 0.6) is 0 Å². The molecule has 0 aliphatic heterocycles. The standard InChI is InChI=1S/C9H18O5/c1-8(7-9(10)11)14-6-5-13-4-3-12-2/h8H,3-7H2,1-2H3,(H,10,11)/t8-/m1/s1.